The first-order chi connectivity index (χ1) is 15.3. The van der Waals surface area contributed by atoms with Crippen LogP contribution in [0.1, 0.15) is 15.2 Å². The van der Waals surface area contributed by atoms with Gasteiger partial charge in [0.1, 0.15) is 10.7 Å². The minimum Gasteiger partial charge on any atom is -0.341 e. The monoisotopic (exact) mass is 530 g/mol. The predicted molar refractivity (Wildman–Crippen MR) is 125 cm³/mol. The van der Waals surface area contributed by atoms with Crippen LogP contribution in [0.25, 0.3) is 0 Å². The summed E-state index contributed by atoms with van der Waals surface area (Å²) < 4.78 is 30.0. The Labute approximate surface area is 196 Å². The van der Waals surface area contributed by atoms with E-state index in [0.717, 1.165) is 10.0 Å². The van der Waals surface area contributed by atoms with E-state index in [-0.39, 0.29) is 16.4 Å². The van der Waals surface area contributed by atoms with Gasteiger partial charge in [-0.1, -0.05) is 40.2 Å². The van der Waals surface area contributed by atoms with Gasteiger partial charge in [0, 0.05) is 11.0 Å². The third-order valence-corrected chi connectivity index (χ3v) is 7.85. The molecule has 3 aromatic rings. The van der Waals surface area contributed by atoms with Gasteiger partial charge in [0.15, 0.2) is 11.7 Å². The largest absolute Gasteiger partial charge is 0.341 e. The lowest BCUT2D eigenvalue weighted by atomic mass is 9.95. The normalized spacial score (nSPS) is 19.1. The maximum absolute atomic E-state index is 13.4. The lowest BCUT2D eigenvalue weighted by molar-refractivity contribution is -0.120. The molecule has 11 heteroatoms. The molecular formula is C21H15BrN4O4S2. The van der Waals surface area contributed by atoms with Crippen molar-refractivity contribution in [3.05, 3.63) is 74.9 Å². The number of carbonyl (C=O) groups is 2. The minimum absolute atomic E-state index is 0.000839. The van der Waals surface area contributed by atoms with Crippen LogP contribution in [0.15, 0.2) is 73.7 Å². The number of sulfonamides is 1. The number of Topliss-reactive ketones (excluding diaryl/α,β-unsaturated/α-hetero) is 1. The second kappa shape index (κ2) is 7.93. The molecule has 1 amide bonds. The lowest BCUT2D eigenvalue weighted by Gasteiger charge is -2.33. The third-order valence-electron chi connectivity index (χ3n) is 5.09. The number of rotatable bonds is 4. The third kappa shape index (κ3) is 3.56. The zero-order valence-corrected chi connectivity index (χ0v) is 19.5. The molecule has 162 valence electrons. The van der Waals surface area contributed by atoms with Crippen LogP contribution in [0.2, 0.25) is 0 Å². The molecule has 1 unspecified atom stereocenters. The molecule has 0 radical (unpaired) electrons. The first kappa shape index (κ1) is 21.0. The Hall–Kier alpha value is -2.86. The predicted octanol–water partition coefficient (Wildman–Crippen LogP) is 3.57. The van der Waals surface area contributed by atoms with Crippen molar-refractivity contribution in [2.75, 3.05) is 10.3 Å². The number of hydrazine groups is 1. The highest BCUT2D eigenvalue weighted by atomic mass is 79.9. The highest BCUT2D eigenvalue weighted by Crippen LogP contribution is 2.36. The number of amides is 1. The Balaban J connectivity index is 1.51. The summed E-state index contributed by atoms with van der Waals surface area (Å²) in [6, 6.07) is 15.5. The van der Waals surface area contributed by atoms with Crippen LogP contribution in [0, 0.1) is 5.92 Å². The van der Waals surface area contributed by atoms with E-state index >= 15 is 0 Å². The summed E-state index contributed by atoms with van der Waals surface area (Å²) in [7, 11) is -4.05. The zero-order valence-electron chi connectivity index (χ0n) is 16.3. The SMILES string of the molecule is O=C1c2sccc2N(NCc2cccc(Br)c2)C(=O)C1C1=NS(=O)(=O)c2ccccc2N1. The Morgan fingerprint density at radius 1 is 1.12 bits per heavy atom. The summed E-state index contributed by atoms with van der Waals surface area (Å²) in [5.41, 5.74) is 4.71. The molecule has 2 aliphatic rings. The molecule has 0 aliphatic carbocycles. The Morgan fingerprint density at radius 3 is 2.75 bits per heavy atom. The van der Waals surface area contributed by atoms with Crippen molar-refractivity contribution in [1.29, 1.82) is 0 Å². The first-order valence-corrected chi connectivity index (χ1v) is 12.6. The summed E-state index contributed by atoms with van der Waals surface area (Å²) in [6.45, 7) is 0.322. The molecule has 8 nitrogen and oxygen atoms in total. The van der Waals surface area contributed by atoms with Crippen LogP contribution in [-0.4, -0.2) is 25.9 Å². The van der Waals surface area contributed by atoms with Gasteiger partial charge in [0.25, 0.3) is 15.9 Å². The standard InChI is InChI=1S/C21H15BrN4O4S2/c22-13-5-3-4-12(10-13)11-23-26-15-8-9-31-19(15)18(27)17(21(26)28)20-24-14-6-1-2-7-16(14)32(29,30)25-20/h1-10,17,23H,11H2,(H,24,25). The number of ketones is 1. The molecule has 0 saturated carbocycles. The Kier molecular flexibility index (Phi) is 5.20. The number of nitrogens with one attached hydrogen (secondary N) is 2. The molecule has 1 atom stereocenters. The van der Waals surface area contributed by atoms with Gasteiger partial charge >= 0.3 is 0 Å². The Bertz CT molecular complexity index is 1400. The number of para-hydroxylation sites is 1. The molecule has 2 aromatic carbocycles. The van der Waals surface area contributed by atoms with Crippen LogP contribution < -0.4 is 15.8 Å². The second-order valence-corrected chi connectivity index (χ2v) is 10.5. The number of hydrogen-bond donors (Lipinski definition) is 2. The summed E-state index contributed by atoms with van der Waals surface area (Å²) in [5.74, 6) is -2.69. The van der Waals surface area contributed by atoms with Crippen molar-refractivity contribution in [2.45, 2.75) is 11.4 Å². The molecule has 0 bridgehead atoms. The number of nitrogens with zero attached hydrogens (tertiary/aromatic N) is 2. The number of thiophene rings is 1. The quantitative estimate of drug-likeness (QED) is 0.499. The van der Waals surface area contributed by atoms with Gasteiger partial charge in [0.2, 0.25) is 0 Å². The second-order valence-electron chi connectivity index (χ2n) is 7.14. The molecule has 3 heterocycles. The average Bonchev–Trinajstić information content (AvgIpc) is 3.23. The van der Waals surface area contributed by atoms with E-state index in [9.17, 15) is 18.0 Å². The van der Waals surface area contributed by atoms with E-state index in [1.165, 1.54) is 22.4 Å². The average molecular weight is 531 g/mol. The maximum atomic E-state index is 13.4. The van der Waals surface area contributed by atoms with Gasteiger partial charge in [-0.3, -0.25) is 9.59 Å². The molecule has 0 fully saturated rings. The van der Waals surface area contributed by atoms with Crippen molar-refractivity contribution in [3.8, 4) is 0 Å². The summed E-state index contributed by atoms with van der Waals surface area (Å²) in [6.07, 6.45) is 0. The van der Waals surface area contributed by atoms with E-state index in [0.29, 0.717) is 17.1 Å². The van der Waals surface area contributed by atoms with Crippen LogP contribution in [0.3, 0.4) is 0 Å². The van der Waals surface area contributed by atoms with Gasteiger partial charge in [-0.15, -0.1) is 15.7 Å². The van der Waals surface area contributed by atoms with Gasteiger partial charge in [-0.05, 0) is 41.3 Å². The van der Waals surface area contributed by atoms with Crippen LogP contribution >= 0.6 is 27.3 Å². The fraction of sp³-hybridized carbons (Fsp3) is 0.0952. The van der Waals surface area contributed by atoms with Crippen LogP contribution in [-0.2, 0) is 21.4 Å². The number of carbonyl (C=O) groups excluding carboxylic acids is 2. The van der Waals surface area contributed by atoms with Crippen molar-refractivity contribution in [3.63, 3.8) is 0 Å². The van der Waals surface area contributed by atoms with Gasteiger partial charge < -0.3 is 5.32 Å². The van der Waals surface area contributed by atoms with E-state index in [1.807, 2.05) is 24.3 Å². The lowest BCUT2D eigenvalue weighted by Crippen LogP contribution is -2.54. The van der Waals surface area contributed by atoms with Crippen LogP contribution in [0.4, 0.5) is 11.4 Å². The van der Waals surface area contributed by atoms with Gasteiger partial charge in [-0.2, -0.15) is 8.42 Å². The van der Waals surface area contributed by atoms with Crippen LogP contribution in [0.5, 0.6) is 0 Å². The number of amidine groups is 1. The molecule has 1 aromatic heterocycles. The maximum Gasteiger partial charge on any atom is 0.286 e. The van der Waals surface area contributed by atoms with E-state index < -0.39 is 27.6 Å². The fourth-order valence-electron chi connectivity index (χ4n) is 3.63. The summed E-state index contributed by atoms with van der Waals surface area (Å²) >= 11 is 4.61. The zero-order chi connectivity index (χ0) is 22.5. The number of fused-ring (bicyclic) bond motifs is 2. The number of anilines is 2. The van der Waals surface area contributed by atoms with Crippen molar-refractivity contribution >= 4 is 66.2 Å². The van der Waals surface area contributed by atoms with Crippen molar-refractivity contribution in [1.82, 2.24) is 5.43 Å². The van der Waals surface area contributed by atoms with E-state index in [1.54, 1.807) is 29.6 Å². The van der Waals surface area contributed by atoms with E-state index in [4.69, 9.17) is 0 Å². The molecule has 32 heavy (non-hydrogen) atoms. The molecule has 5 rings (SSSR count). The van der Waals surface area contributed by atoms with Crippen molar-refractivity contribution < 1.29 is 18.0 Å². The highest BCUT2D eigenvalue weighted by Gasteiger charge is 2.45. The number of hydrogen-bond acceptors (Lipinski definition) is 7. The summed E-state index contributed by atoms with van der Waals surface area (Å²) in [5, 5.41) is 5.90. The fourth-order valence-corrected chi connectivity index (χ4v) is 6.08. The molecular weight excluding hydrogens is 516 g/mol. The summed E-state index contributed by atoms with van der Waals surface area (Å²) in [4.78, 5) is 27.0. The van der Waals surface area contributed by atoms with E-state index in [2.05, 4.69) is 31.1 Å². The topological polar surface area (TPSA) is 108 Å². The van der Waals surface area contributed by atoms with Gasteiger partial charge in [0.05, 0.1) is 16.3 Å². The molecule has 2 aliphatic heterocycles. The molecule has 0 saturated heterocycles. The molecule has 2 N–H and O–H groups in total. The highest BCUT2D eigenvalue weighted by molar-refractivity contribution is 9.10. The Morgan fingerprint density at radius 2 is 1.94 bits per heavy atom. The first-order valence-electron chi connectivity index (χ1n) is 9.50. The number of benzene rings is 2. The minimum atomic E-state index is -4.05. The smallest absolute Gasteiger partial charge is 0.286 e. The number of halogens is 1. The van der Waals surface area contributed by atoms with Crippen molar-refractivity contribution in [2.24, 2.45) is 10.3 Å². The molecule has 0 spiro atoms. The van der Waals surface area contributed by atoms with Gasteiger partial charge in [-0.25, -0.2) is 10.4 Å².